The lowest BCUT2D eigenvalue weighted by Crippen LogP contribution is -2.83. The molecule has 0 aliphatic carbocycles. The Morgan fingerprint density at radius 2 is 1.81 bits per heavy atom. The first kappa shape index (κ1) is 27.0. The molecule has 12 nitrogen and oxygen atoms in total. The second-order valence-electron chi connectivity index (χ2n) is 7.62. The van der Waals surface area contributed by atoms with Gasteiger partial charge in [-0.1, -0.05) is 52.8 Å². The average molecular weight is 606 g/mol. The maximum absolute atomic E-state index is 13.6. The maximum Gasteiger partial charge on any atom is 0.357 e. The van der Waals surface area contributed by atoms with Crippen molar-refractivity contribution in [2.45, 2.75) is 17.8 Å². The number of β-lactam (4-membered cyclic amide) rings is 1. The second-order valence-corrected chi connectivity index (χ2v) is 13.0. The van der Waals surface area contributed by atoms with Gasteiger partial charge < -0.3 is 10.2 Å². The third kappa shape index (κ3) is 3.91. The molecule has 37 heavy (non-hydrogen) atoms. The first-order chi connectivity index (χ1) is 17.4. The lowest BCUT2D eigenvalue weighted by Gasteiger charge is -2.51. The summed E-state index contributed by atoms with van der Waals surface area (Å²) in [5.41, 5.74) is -3.15. The average Bonchev–Trinajstić information content (AvgIpc) is 3.24. The Bertz CT molecular complexity index is 1500. The summed E-state index contributed by atoms with van der Waals surface area (Å²) in [6, 6.07) is 9.46. The number of Topliss-reactive ketones (excluding diaryl/α,β-unsaturated/α-hetero) is 2. The summed E-state index contributed by atoms with van der Waals surface area (Å²) in [5.74, 6) is -6.45. The minimum atomic E-state index is -2.58. The van der Waals surface area contributed by atoms with Crippen LogP contribution in [-0.4, -0.2) is 59.0 Å². The Labute approximate surface area is 224 Å². The number of hydrogen-bond donors (Lipinski definition) is 2. The Morgan fingerprint density at radius 3 is 2.32 bits per heavy atom. The van der Waals surface area contributed by atoms with Gasteiger partial charge in [0.25, 0.3) is 5.91 Å². The fraction of sp³-hybridized carbons (Fsp3) is 0.150. The molecule has 0 radical (unpaired) electrons. The van der Waals surface area contributed by atoms with E-state index < -0.39 is 63.0 Å². The van der Waals surface area contributed by atoms with Gasteiger partial charge in [0.1, 0.15) is 6.63 Å². The molecule has 1 aliphatic heterocycles. The van der Waals surface area contributed by atoms with Crippen LogP contribution in [0.2, 0.25) is 0 Å². The zero-order chi connectivity index (χ0) is 27.4. The molecular weight excluding hydrogens is 593 g/mol. The minimum absolute atomic E-state index is 0.00744. The molecule has 1 amide bonds. The molecule has 1 saturated heterocycles. The van der Waals surface area contributed by atoms with Crippen LogP contribution in [0.25, 0.3) is 5.52 Å². The number of aromatic carboxylic acids is 1. The summed E-state index contributed by atoms with van der Waals surface area (Å²) >= 11 is 18.3. The van der Waals surface area contributed by atoms with Crippen LogP contribution in [0.15, 0.2) is 42.5 Å². The van der Waals surface area contributed by atoms with Crippen LogP contribution >= 0.6 is 48.9 Å². The number of aromatic hydroxyl groups is 1. The molecule has 0 spiro atoms. The van der Waals surface area contributed by atoms with E-state index >= 15 is 0 Å². The first-order valence-corrected chi connectivity index (χ1v) is 14.5. The number of anilines is 1. The Balaban J connectivity index is 2.05. The van der Waals surface area contributed by atoms with Gasteiger partial charge in [-0.05, 0) is 27.2 Å². The third-order valence-corrected chi connectivity index (χ3v) is 10.4. The summed E-state index contributed by atoms with van der Waals surface area (Å²) in [5, 5.41) is 30.3. The van der Waals surface area contributed by atoms with Crippen LogP contribution in [0.5, 0.6) is 5.75 Å². The van der Waals surface area contributed by atoms with Gasteiger partial charge in [0, 0.05) is 10.7 Å². The number of nitrogens with zero attached hydrogens (tertiary/aromatic N) is 4. The number of halogens is 3. The topological polar surface area (TPSA) is 163 Å². The van der Waals surface area contributed by atoms with Crippen molar-refractivity contribution in [3.05, 3.63) is 63.6 Å². The molecule has 0 saturated carbocycles. The molecule has 1 fully saturated rings. The van der Waals surface area contributed by atoms with E-state index in [2.05, 4.69) is 0 Å². The highest BCUT2D eigenvalue weighted by atomic mass is 35.9. The van der Waals surface area contributed by atoms with Crippen LogP contribution in [0, 0.1) is 10.1 Å². The van der Waals surface area contributed by atoms with Gasteiger partial charge in [-0.25, -0.2) is 14.9 Å². The van der Waals surface area contributed by atoms with E-state index in [0.717, 1.165) is 17.4 Å². The summed E-state index contributed by atoms with van der Waals surface area (Å²) < 4.78 is 0.782. The number of carbonyl (C=O) groups excluding carboxylic acids is 3. The molecule has 2 unspecified atom stereocenters. The van der Waals surface area contributed by atoms with Gasteiger partial charge in [0.2, 0.25) is 11.4 Å². The van der Waals surface area contributed by atoms with Gasteiger partial charge in [-0.15, -0.1) is 11.6 Å². The van der Waals surface area contributed by atoms with Crippen LogP contribution < -0.4 is 10.2 Å². The SMILES string of the molecule is CC(=O)C1(C(=O)c2ccccc2)C(Cl)C(=O)N1N(c1c(O)ccc2c(P(Cl)Cl)pc(C(=O)O)n12)[N+](=O)[O-]. The predicted octanol–water partition coefficient (Wildman–Crippen LogP) is 3.91. The number of ketones is 2. The fourth-order valence-corrected chi connectivity index (χ4v) is 7.55. The number of hydrazine groups is 2. The van der Waals surface area contributed by atoms with Crippen LogP contribution in [0.3, 0.4) is 0 Å². The monoisotopic (exact) mass is 604 g/mol. The number of carboxylic acids is 1. The number of amides is 1. The van der Waals surface area contributed by atoms with Crippen LogP contribution in [-0.2, 0) is 9.59 Å². The number of aromatic nitrogens is 1. The number of hydrogen-bond acceptors (Lipinski definition) is 7. The molecular formula is C20H13Cl3N4O8P2. The highest BCUT2D eigenvalue weighted by Gasteiger charge is 2.72. The molecule has 17 heteroatoms. The van der Waals surface area contributed by atoms with Gasteiger partial charge >= 0.3 is 5.97 Å². The summed E-state index contributed by atoms with van der Waals surface area (Å²) in [4.78, 5) is 64.1. The molecule has 2 N–H and O–H groups in total. The van der Waals surface area contributed by atoms with Crippen molar-refractivity contribution < 1.29 is 34.4 Å². The Hall–Kier alpha value is -3.01. The number of carbonyl (C=O) groups is 4. The molecule has 0 bridgehead atoms. The van der Waals surface area contributed by atoms with Gasteiger partial charge in [-0.2, -0.15) is 5.01 Å². The molecule has 2 atom stereocenters. The van der Waals surface area contributed by atoms with E-state index in [1.54, 1.807) is 6.07 Å². The van der Waals surface area contributed by atoms with Gasteiger partial charge in [-0.3, -0.25) is 18.8 Å². The van der Waals surface area contributed by atoms with Crippen molar-refractivity contribution in [1.82, 2.24) is 9.41 Å². The van der Waals surface area contributed by atoms with E-state index in [0.29, 0.717) is 0 Å². The fourth-order valence-electron chi connectivity index (χ4n) is 4.09. The minimum Gasteiger partial charge on any atom is -0.504 e. The van der Waals surface area contributed by atoms with Crippen LogP contribution in [0.1, 0.15) is 27.5 Å². The van der Waals surface area contributed by atoms with E-state index in [1.165, 1.54) is 30.3 Å². The summed E-state index contributed by atoms with van der Waals surface area (Å²) in [6.07, 6.45) is 0. The number of rotatable bonds is 8. The zero-order valence-corrected chi connectivity index (χ0v) is 22.3. The van der Waals surface area contributed by atoms with Crippen molar-refractivity contribution in [2.75, 3.05) is 5.12 Å². The van der Waals surface area contributed by atoms with E-state index in [1.807, 2.05) is 0 Å². The summed E-state index contributed by atoms with van der Waals surface area (Å²) in [6.45, 7) is -0.989. The van der Waals surface area contributed by atoms with E-state index in [-0.39, 0.29) is 34.4 Å². The molecule has 1 aliphatic rings. The molecule has 192 valence electrons. The number of benzene rings is 1. The third-order valence-electron chi connectivity index (χ3n) is 5.66. The van der Waals surface area contributed by atoms with E-state index in [9.17, 15) is 39.5 Å². The maximum atomic E-state index is 13.6. The molecule has 3 heterocycles. The lowest BCUT2D eigenvalue weighted by atomic mass is 9.75. The van der Waals surface area contributed by atoms with Crippen molar-refractivity contribution in [1.29, 1.82) is 0 Å². The Kier molecular flexibility index (Phi) is 7.09. The Morgan fingerprint density at radius 1 is 1.19 bits per heavy atom. The zero-order valence-electron chi connectivity index (χ0n) is 18.3. The predicted molar refractivity (Wildman–Crippen MR) is 137 cm³/mol. The number of carboxylic acid groups (broad SMARTS) is 1. The highest BCUT2D eigenvalue weighted by Crippen LogP contribution is 2.51. The molecule has 1 aromatic carbocycles. The van der Waals surface area contributed by atoms with E-state index in [4.69, 9.17) is 34.1 Å². The standard InChI is InChI=1S/C20H13Cl3N4O8P2/c1-9(28)20(14(30)10-5-3-2-4-6-10)13(21)16(31)25(20)26(27(34)35)15-12(29)8-7-11-19(37(22)23)36-17(18(32)33)24(11)15/h2-8,13,29H,1H3,(H,32,33). The largest absolute Gasteiger partial charge is 0.504 e. The molecule has 3 aromatic rings. The quantitative estimate of drug-likeness (QED) is 0.0737. The lowest BCUT2D eigenvalue weighted by molar-refractivity contribution is -0.525. The van der Waals surface area contributed by atoms with Crippen molar-refractivity contribution >= 4 is 88.7 Å². The smallest absolute Gasteiger partial charge is 0.357 e. The summed E-state index contributed by atoms with van der Waals surface area (Å²) in [7, 11) is -0.0224. The van der Waals surface area contributed by atoms with Gasteiger partial charge in [0.05, 0.1) is 10.6 Å². The second kappa shape index (κ2) is 9.70. The number of alkyl halides is 1. The van der Waals surface area contributed by atoms with Crippen molar-refractivity contribution in [3.8, 4) is 5.75 Å². The first-order valence-electron chi connectivity index (χ1n) is 10.00. The van der Waals surface area contributed by atoms with Crippen molar-refractivity contribution in [3.63, 3.8) is 0 Å². The molecule has 4 rings (SSSR count). The van der Waals surface area contributed by atoms with Gasteiger partial charge in [0.15, 0.2) is 33.2 Å². The van der Waals surface area contributed by atoms with Crippen LogP contribution in [0.4, 0.5) is 5.82 Å². The number of pyridine rings is 1. The number of nitro groups is 1. The van der Waals surface area contributed by atoms with Crippen molar-refractivity contribution in [2.24, 2.45) is 0 Å². The normalized spacial score (nSPS) is 19.3. The molecule has 2 aromatic heterocycles. The number of fused-ring (bicyclic) bond motifs is 1. The highest BCUT2D eigenvalue weighted by molar-refractivity contribution is 8.12.